The Kier molecular flexibility index (Phi) is 7.39. The molecule has 0 aliphatic heterocycles. The van der Waals surface area contributed by atoms with Gasteiger partial charge in [-0.1, -0.05) is 41.6 Å². The fourth-order valence-electron chi connectivity index (χ4n) is 2.52. The Balaban J connectivity index is 1.63. The van der Waals surface area contributed by atoms with E-state index in [-0.39, 0.29) is 19.0 Å². The number of halogens is 3. The Bertz CT molecular complexity index is 1060. The predicted molar refractivity (Wildman–Crippen MR) is 116 cm³/mol. The lowest BCUT2D eigenvalue weighted by Crippen LogP contribution is -2.00. The van der Waals surface area contributed by atoms with Crippen molar-refractivity contribution in [1.82, 2.24) is 0 Å². The van der Waals surface area contributed by atoms with Crippen LogP contribution in [0.25, 0.3) is 0 Å². The van der Waals surface area contributed by atoms with Gasteiger partial charge in [0.05, 0.1) is 26.8 Å². The fourth-order valence-corrected chi connectivity index (χ4v) is 3.97. The molecule has 0 aliphatic carbocycles. The molecular weight excluding hydrogens is 503 g/mol. The van der Waals surface area contributed by atoms with Gasteiger partial charge < -0.3 is 9.57 Å². The first-order valence-electron chi connectivity index (χ1n) is 8.57. The predicted octanol–water partition coefficient (Wildman–Crippen LogP) is 6.35. The lowest BCUT2D eigenvalue weighted by atomic mass is 10.1. The van der Waals surface area contributed by atoms with Crippen LogP contribution in [-0.4, -0.2) is 6.21 Å². The van der Waals surface area contributed by atoms with E-state index >= 15 is 0 Å². The van der Waals surface area contributed by atoms with E-state index in [2.05, 4.69) is 43.1 Å². The molecule has 3 aromatic carbocycles. The average Bonchev–Trinajstić information content (AvgIpc) is 2.72. The number of rotatable bonds is 7. The van der Waals surface area contributed by atoms with E-state index in [0.717, 1.165) is 11.1 Å². The molecule has 0 spiro atoms. The van der Waals surface area contributed by atoms with Gasteiger partial charge in [-0.2, -0.15) is 5.26 Å². The van der Waals surface area contributed by atoms with E-state index in [4.69, 9.17) is 14.8 Å². The van der Waals surface area contributed by atoms with Gasteiger partial charge in [-0.25, -0.2) is 4.39 Å². The van der Waals surface area contributed by atoms with Crippen LogP contribution in [0.5, 0.6) is 5.75 Å². The number of ether oxygens (including phenoxy) is 1. The third-order valence-electron chi connectivity index (χ3n) is 3.98. The van der Waals surface area contributed by atoms with Crippen LogP contribution < -0.4 is 4.74 Å². The van der Waals surface area contributed by atoms with Crippen LogP contribution in [0.4, 0.5) is 4.39 Å². The normalized spacial score (nSPS) is 10.7. The van der Waals surface area contributed by atoms with Crippen molar-refractivity contribution in [3.8, 4) is 11.8 Å². The molecule has 0 unspecified atom stereocenters. The van der Waals surface area contributed by atoms with E-state index in [9.17, 15) is 4.39 Å². The highest BCUT2D eigenvalue weighted by Gasteiger charge is 2.10. The molecular formula is C22H15Br2FN2O2. The molecule has 0 bridgehead atoms. The van der Waals surface area contributed by atoms with E-state index < -0.39 is 0 Å². The third-order valence-corrected chi connectivity index (χ3v) is 5.16. The summed E-state index contributed by atoms with van der Waals surface area (Å²) in [7, 11) is 0. The van der Waals surface area contributed by atoms with Gasteiger partial charge in [0.15, 0.2) is 0 Å². The van der Waals surface area contributed by atoms with Gasteiger partial charge in [-0.15, -0.1) is 0 Å². The Morgan fingerprint density at radius 2 is 1.62 bits per heavy atom. The van der Waals surface area contributed by atoms with E-state index in [0.29, 0.717) is 25.8 Å². The van der Waals surface area contributed by atoms with Crippen molar-refractivity contribution in [1.29, 1.82) is 5.26 Å². The van der Waals surface area contributed by atoms with Crippen molar-refractivity contribution >= 4 is 38.1 Å². The summed E-state index contributed by atoms with van der Waals surface area (Å²) in [5.74, 6) is 0.257. The minimum atomic E-state index is -0.307. The van der Waals surface area contributed by atoms with E-state index in [1.807, 2.05) is 24.3 Å². The number of hydrogen-bond donors (Lipinski definition) is 0. The summed E-state index contributed by atoms with van der Waals surface area (Å²) < 4.78 is 20.9. The zero-order valence-electron chi connectivity index (χ0n) is 15.1. The second-order valence-electron chi connectivity index (χ2n) is 5.97. The number of hydrogen-bond acceptors (Lipinski definition) is 4. The molecule has 0 heterocycles. The Hall–Kier alpha value is -2.69. The summed E-state index contributed by atoms with van der Waals surface area (Å²) >= 11 is 6.93. The molecule has 0 fully saturated rings. The zero-order chi connectivity index (χ0) is 20.6. The molecule has 0 aliphatic rings. The molecule has 4 nitrogen and oxygen atoms in total. The van der Waals surface area contributed by atoms with Gasteiger partial charge in [0, 0.05) is 11.1 Å². The largest absolute Gasteiger partial charge is 0.486 e. The molecule has 0 atom stereocenters. The van der Waals surface area contributed by atoms with Gasteiger partial charge in [0.25, 0.3) is 0 Å². The quantitative estimate of drug-likeness (QED) is 0.271. The van der Waals surface area contributed by atoms with Crippen LogP contribution in [0.2, 0.25) is 0 Å². The number of nitrogens with zero attached hydrogens (tertiary/aromatic N) is 2. The Labute approximate surface area is 184 Å². The summed E-state index contributed by atoms with van der Waals surface area (Å²) in [6, 6.07) is 19.4. The van der Waals surface area contributed by atoms with E-state index in [1.54, 1.807) is 36.5 Å². The number of oxime groups is 1. The number of benzene rings is 3. The Morgan fingerprint density at radius 1 is 0.966 bits per heavy atom. The van der Waals surface area contributed by atoms with Gasteiger partial charge in [-0.3, -0.25) is 0 Å². The van der Waals surface area contributed by atoms with Crippen molar-refractivity contribution < 1.29 is 14.0 Å². The lowest BCUT2D eigenvalue weighted by Gasteiger charge is -2.11. The first-order chi connectivity index (χ1) is 14.1. The zero-order valence-corrected chi connectivity index (χ0v) is 18.3. The first kappa shape index (κ1) is 21.0. The maximum atomic E-state index is 13.7. The van der Waals surface area contributed by atoms with Crippen LogP contribution in [-0.2, 0) is 18.1 Å². The standard InChI is InChI=1S/C22H15Br2FN2O2/c23-19-9-15(12-27-29-14-17-6-2-1-5-16(17)11-26)10-20(24)22(19)28-13-18-7-3-4-8-21(18)25/h1-10,12H,13-14H2/b27-12-. The summed E-state index contributed by atoms with van der Waals surface area (Å²) in [4.78, 5) is 5.31. The molecule has 0 saturated carbocycles. The molecule has 7 heteroatoms. The molecule has 146 valence electrons. The second-order valence-corrected chi connectivity index (χ2v) is 7.68. The minimum Gasteiger partial charge on any atom is -0.486 e. The fraction of sp³-hybridized carbons (Fsp3) is 0.0909. The van der Waals surface area contributed by atoms with Crippen molar-refractivity contribution in [3.63, 3.8) is 0 Å². The number of nitriles is 1. The highest BCUT2D eigenvalue weighted by atomic mass is 79.9. The van der Waals surface area contributed by atoms with Gasteiger partial charge in [0.1, 0.15) is 24.8 Å². The van der Waals surface area contributed by atoms with Crippen molar-refractivity contribution in [2.75, 3.05) is 0 Å². The van der Waals surface area contributed by atoms with Gasteiger partial charge in [-0.05, 0) is 61.7 Å². The monoisotopic (exact) mass is 516 g/mol. The molecule has 0 N–H and O–H groups in total. The van der Waals surface area contributed by atoms with Crippen molar-refractivity contribution in [3.05, 3.63) is 97.7 Å². The summed E-state index contributed by atoms with van der Waals surface area (Å²) in [5, 5.41) is 13.0. The smallest absolute Gasteiger partial charge is 0.148 e. The highest BCUT2D eigenvalue weighted by molar-refractivity contribution is 9.11. The SMILES string of the molecule is N#Cc1ccccc1CO/N=C\c1cc(Br)c(OCc2ccccc2F)c(Br)c1. The van der Waals surface area contributed by atoms with Crippen LogP contribution in [0.3, 0.4) is 0 Å². The van der Waals surface area contributed by atoms with Crippen LogP contribution >= 0.6 is 31.9 Å². The maximum absolute atomic E-state index is 13.7. The topological polar surface area (TPSA) is 54.6 Å². The van der Waals surface area contributed by atoms with Gasteiger partial charge in [0.2, 0.25) is 0 Å². The Morgan fingerprint density at radius 3 is 2.31 bits per heavy atom. The average molecular weight is 518 g/mol. The molecule has 0 amide bonds. The van der Waals surface area contributed by atoms with Crippen LogP contribution in [0.15, 0.2) is 74.8 Å². The van der Waals surface area contributed by atoms with Crippen LogP contribution in [0.1, 0.15) is 22.3 Å². The highest BCUT2D eigenvalue weighted by Crippen LogP contribution is 2.35. The molecule has 0 radical (unpaired) electrons. The molecule has 3 aromatic rings. The van der Waals surface area contributed by atoms with E-state index in [1.165, 1.54) is 6.07 Å². The van der Waals surface area contributed by atoms with Crippen LogP contribution in [0, 0.1) is 17.1 Å². The molecule has 29 heavy (non-hydrogen) atoms. The second kappa shape index (κ2) is 10.2. The minimum absolute atomic E-state index is 0.110. The van der Waals surface area contributed by atoms with Gasteiger partial charge >= 0.3 is 0 Å². The molecule has 3 rings (SSSR count). The third kappa shape index (κ3) is 5.66. The molecule has 0 aromatic heterocycles. The van der Waals surface area contributed by atoms with Crippen molar-refractivity contribution in [2.45, 2.75) is 13.2 Å². The molecule has 0 saturated heterocycles. The summed E-state index contributed by atoms with van der Waals surface area (Å²) in [5.41, 5.74) is 2.58. The first-order valence-corrected chi connectivity index (χ1v) is 10.2. The summed E-state index contributed by atoms with van der Waals surface area (Å²) in [6.07, 6.45) is 1.56. The van der Waals surface area contributed by atoms with Crippen molar-refractivity contribution in [2.24, 2.45) is 5.16 Å². The maximum Gasteiger partial charge on any atom is 0.148 e. The lowest BCUT2D eigenvalue weighted by molar-refractivity contribution is 0.132. The summed E-state index contributed by atoms with van der Waals surface area (Å²) in [6.45, 7) is 0.311.